The Morgan fingerprint density at radius 1 is 1.26 bits per heavy atom. The molecule has 3 atom stereocenters. The molecule has 9 nitrogen and oxygen atoms in total. The molecule has 2 N–H and O–H groups in total. The number of carbonyl (C=O) groups excluding carboxylic acids is 1. The standard InChI is InChI=1S/C23H25F3N4O5/c1-11(23(2,3)32)34-13-8-27-20-14(9-28-30(20)10-13)12-5-17(33-4)19(18(6-12)35-22(25)26)21(31)29-16-7-15(16)24/h5-6,8-11,15-16,22,32H,7H2,1-4H3,(H,29,31)/t11-,15+,16?/m1/s1. The molecule has 1 unspecified atom stereocenters. The van der Waals surface area contributed by atoms with Crippen molar-refractivity contribution in [2.75, 3.05) is 7.11 Å². The molecule has 4 rings (SSSR count). The predicted molar refractivity (Wildman–Crippen MR) is 119 cm³/mol. The van der Waals surface area contributed by atoms with E-state index in [0.29, 0.717) is 22.5 Å². The third kappa shape index (κ3) is 5.26. The minimum Gasteiger partial charge on any atom is -0.496 e. The Labute approximate surface area is 198 Å². The second-order valence-corrected chi connectivity index (χ2v) is 8.79. The Hall–Kier alpha value is -3.54. The zero-order valence-corrected chi connectivity index (χ0v) is 19.5. The van der Waals surface area contributed by atoms with Gasteiger partial charge in [0.15, 0.2) is 11.4 Å². The van der Waals surface area contributed by atoms with Gasteiger partial charge < -0.3 is 24.6 Å². The average Bonchev–Trinajstić information content (AvgIpc) is 3.29. The topological polar surface area (TPSA) is 107 Å². The summed E-state index contributed by atoms with van der Waals surface area (Å²) in [6.07, 6.45) is 2.93. The quantitative estimate of drug-likeness (QED) is 0.470. The maximum Gasteiger partial charge on any atom is 0.387 e. The highest BCUT2D eigenvalue weighted by atomic mass is 19.3. The molecule has 1 saturated carbocycles. The summed E-state index contributed by atoms with van der Waals surface area (Å²) in [7, 11) is 1.28. The van der Waals surface area contributed by atoms with Gasteiger partial charge in [0.2, 0.25) is 0 Å². The summed E-state index contributed by atoms with van der Waals surface area (Å²) in [5.74, 6) is -0.888. The Balaban J connectivity index is 1.72. The Kier molecular flexibility index (Phi) is 6.50. The van der Waals surface area contributed by atoms with E-state index in [0.717, 1.165) is 0 Å². The van der Waals surface area contributed by atoms with Gasteiger partial charge in [-0.15, -0.1) is 0 Å². The summed E-state index contributed by atoms with van der Waals surface area (Å²) in [4.78, 5) is 17.0. The van der Waals surface area contributed by atoms with Crippen LogP contribution in [0, 0.1) is 0 Å². The molecule has 0 aliphatic heterocycles. The van der Waals surface area contributed by atoms with Gasteiger partial charge in [-0.1, -0.05) is 0 Å². The largest absolute Gasteiger partial charge is 0.496 e. The lowest BCUT2D eigenvalue weighted by atomic mass is 10.0. The van der Waals surface area contributed by atoms with Crippen molar-refractivity contribution in [3.8, 4) is 28.4 Å². The van der Waals surface area contributed by atoms with Crippen LogP contribution >= 0.6 is 0 Å². The number of rotatable bonds is 9. The van der Waals surface area contributed by atoms with Crippen molar-refractivity contribution < 1.29 is 37.3 Å². The Bertz CT molecular complexity index is 1240. The molecule has 1 aliphatic carbocycles. The number of aromatic nitrogens is 3. The highest BCUT2D eigenvalue weighted by molar-refractivity contribution is 6.01. The summed E-state index contributed by atoms with van der Waals surface area (Å²) < 4.78 is 56.7. The van der Waals surface area contributed by atoms with Crippen molar-refractivity contribution in [2.45, 2.75) is 57.7 Å². The lowest BCUT2D eigenvalue weighted by Crippen LogP contribution is -2.37. The summed E-state index contributed by atoms with van der Waals surface area (Å²) in [6, 6.07) is 2.04. The number of nitrogens with zero attached hydrogens (tertiary/aromatic N) is 3. The number of aliphatic hydroxyl groups is 1. The summed E-state index contributed by atoms with van der Waals surface area (Å²) >= 11 is 0. The number of amides is 1. The minimum atomic E-state index is -3.21. The van der Waals surface area contributed by atoms with Crippen molar-refractivity contribution in [1.82, 2.24) is 19.9 Å². The second kappa shape index (κ2) is 9.25. The van der Waals surface area contributed by atoms with Gasteiger partial charge in [-0.25, -0.2) is 13.9 Å². The maximum absolute atomic E-state index is 13.3. The van der Waals surface area contributed by atoms with E-state index in [4.69, 9.17) is 9.47 Å². The van der Waals surface area contributed by atoms with E-state index in [1.54, 1.807) is 27.0 Å². The van der Waals surface area contributed by atoms with Crippen LogP contribution in [-0.2, 0) is 0 Å². The molecular weight excluding hydrogens is 469 g/mol. The van der Waals surface area contributed by atoms with E-state index < -0.39 is 42.2 Å². The zero-order chi connectivity index (χ0) is 25.5. The number of methoxy groups -OCH3 is 1. The first-order valence-electron chi connectivity index (χ1n) is 10.8. The number of benzene rings is 1. The number of nitrogens with one attached hydrogen (secondary N) is 1. The highest BCUT2D eigenvalue weighted by Gasteiger charge is 2.40. The number of carbonyl (C=O) groups is 1. The predicted octanol–water partition coefficient (Wildman–Crippen LogP) is 3.38. The van der Waals surface area contributed by atoms with Crippen LogP contribution in [0.1, 0.15) is 37.6 Å². The molecule has 0 bridgehead atoms. The summed E-state index contributed by atoms with van der Waals surface area (Å²) in [5.41, 5.74) is -0.182. The molecule has 1 fully saturated rings. The van der Waals surface area contributed by atoms with Crippen molar-refractivity contribution in [3.05, 3.63) is 36.3 Å². The SMILES string of the molecule is COc1cc(-c2cnn3cc(O[C@H](C)C(C)(C)O)cnc23)cc(OC(F)F)c1C(=O)NC1C[C@@H]1F. The lowest BCUT2D eigenvalue weighted by Gasteiger charge is -2.26. The van der Waals surface area contributed by atoms with Crippen LogP contribution in [0.2, 0.25) is 0 Å². The average molecular weight is 494 g/mol. The summed E-state index contributed by atoms with van der Waals surface area (Å²) in [5, 5.41) is 16.8. The van der Waals surface area contributed by atoms with Crippen LogP contribution in [0.5, 0.6) is 17.2 Å². The first kappa shape index (κ1) is 24.6. The number of alkyl halides is 3. The molecule has 2 heterocycles. The minimum absolute atomic E-state index is 0.0370. The van der Waals surface area contributed by atoms with Crippen LogP contribution in [0.4, 0.5) is 13.2 Å². The fourth-order valence-electron chi connectivity index (χ4n) is 3.34. The molecule has 1 aliphatic rings. The van der Waals surface area contributed by atoms with Crippen LogP contribution in [-0.4, -0.2) is 63.3 Å². The van der Waals surface area contributed by atoms with Crippen molar-refractivity contribution in [1.29, 1.82) is 0 Å². The number of halogens is 3. The Morgan fingerprint density at radius 2 is 1.94 bits per heavy atom. The smallest absolute Gasteiger partial charge is 0.387 e. The van der Waals surface area contributed by atoms with E-state index in [2.05, 4.69) is 20.1 Å². The number of hydrogen-bond donors (Lipinski definition) is 2. The molecule has 3 aromatic rings. The first-order valence-corrected chi connectivity index (χ1v) is 10.8. The molecule has 12 heteroatoms. The third-order valence-corrected chi connectivity index (χ3v) is 5.71. The van der Waals surface area contributed by atoms with Gasteiger partial charge in [0.25, 0.3) is 5.91 Å². The molecule has 0 saturated heterocycles. The van der Waals surface area contributed by atoms with Gasteiger partial charge in [0, 0.05) is 12.0 Å². The lowest BCUT2D eigenvalue weighted by molar-refractivity contribution is -0.0502. The molecule has 0 radical (unpaired) electrons. The maximum atomic E-state index is 13.3. The molecule has 1 aromatic carbocycles. The normalized spacial score (nSPS) is 18.4. The third-order valence-electron chi connectivity index (χ3n) is 5.71. The number of ether oxygens (including phenoxy) is 3. The molecule has 1 amide bonds. The van der Waals surface area contributed by atoms with E-state index in [1.807, 2.05) is 0 Å². The zero-order valence-electron chi connectivity index (χ0n) is 19.5. The fraction of sp³-hybridized carbons (Fsp3) is 0.435. The first-order chi connectivity index (χ1) is 16.5. The van der Waals surface area contributed by atoms with E-state index in [-0.39, 0.29) is 17.7 Å². The van der Waals surface area contributed by atoms with Crippen LogP contribution < -0.4 is 19.5 Å². The monoisotopic (exact) mass is 494 g/mol. The van der Waals surface area contributed by atoms with E-state index in [9.17, 15) is 23.1 Å². The van der Waals surface area contributed by atoms with Gasteiger partial charge in [0.05, 0.1) is 37.3 Å². The fourth-order valence-corrected chi connectivity index (χ4v) is 3.34. The molecule has 2 aromatic heterocycles. The molecule has 188 valence electrons. The Morgan fingerprint density at radius 3 is 2.54 bits per heavy atom. The van der Waals surface area contributed by atoms with Gasteiger partial charge in [-0.3, -0.25) is 4.79 Å². The highest BCUT2D eigenvalue weighted by Crippen LogP contribution is 2.38. The van der Waals surface area contributed by atoms with Crippen molar-refractivity contribution in [3.63, 3.8) is 0 Å². The van der Waals surface area contributed by atoms with Gasteiger partial charge in [0.1, 0.15) is 29.3 Å². The number of fused-ring (bicyclic) bond motifs is 1. The van der Waals surface area contributed by atoms with Gasteiger partial charge >= 0.3 is 6.61 Å². The van der Waals surface area contributed by atoms with Crippen LogP contribution in [0.15, 0.2) is 30.7 Å². The van der Waals surface area contributed by atoms with Crippen molar-refractivity contribution in [2.24, 2.45) is 0 Å². The molecule has 0 spiro atoms. The second-order valence-electron chi connectivity index (χ2n) is 8.79. The summed E-state index contributed by atoms with van der Waals surface area (Å²) in [6.45, 7) is 1.74. The van der Waals surface area contributed by atoms with Gasteiger partial charge in [-0.05, 0) is 38.5 Å². The van der Waals surface area contributed by atoms with Crippen molar-refractivity contribution >= 4 is 11.6 Å². The number of hydrogen-bond acceptors (Lipinski definition) is 7. The van der Waals surface area contributed by atoms with Crippen LogP contribution in [0.3, 0.4) is 0 Å². The molecular formula is C23H25F3N4O5. The van der Waals surface area contributed by atoms with E-state index in [1.165, 1.54) is 36.2 Å². The molecule has 35 heavy (non-hydrogen) atoms. The van der Waals surface area contributed by atoms with Gasteiger partial charge in [-0.2, -0.15) is 13.9 Å². The van der Waals surface area contributed by atoms with Crippen LogP contribution in [0.25, 0.3) is 16.8 Å². The van der Waals surface area contributed by atoms with E-state index >= 15 is 0 Å².